The lowest BCUT2D eigenvalue weighted by Crippen LogP contribution is -2.18. The average molecular weight is 181 g/mol. The molecule has 0 aromatic rings. The molecular formula is C12H23N. The standard InChI is InChI=1S/C10H17N.C2H6/c1-3-5-10-6-4-8-11(2)9-7-10;1-2/h1,10H,4-9H2,2H3;1-2H3. The maximum Gasteiger partial charge on any atom is 0.0115 e. The second-order valence-corrected chi connectivity index (χ2v) is 3.51. The molecule has 0 saturated carbocycles. The van der Waals surface area contributed by atoms with Crippen molar-refractivity contribution in [1.29, 1.82) is 0 Å². The van der Waals surface area contributed by atoms with E-state index in [1.54, 1.807) is 0 Å². The summed E-state index contributed by atoms with van der Waals surface area (Å²) in [5, 5.41) is 0. The van der Waals surface area contributed by atoms with E-state index in [0.29, 0.717) is 0 Å². The van der Waals surface area contributed by atoms with Gasteiger partial charge in [-0.3, -0.25) is 0 Å². The van der Waals surface area contributed by atoms with E-state index in [9.17, 15) is 0 Å². The van der Waals surface area contributed by atoms with Crippen LogP contribution in [-0.2, 0) is 0 Å². The smallest absolute Gasteiger partial charge is 0.0115 e. The lowest BCUT2D eigenvalue weighted by molar-refractivity contribution is 0.342. The minimum absolute atomic E-state index is 0.796. The van der Waals surface area contributed by atoms with E-state index in [-0.39, 0.29) is 0 Å². The highest BCUT2D eigenvalue weighted by molar-refractivity contribution is 4.87. The molecule has 1 heterocycles. The number of hydrogen-bond acceptors (Lipinski definition) is 1. The molecule has 1 heteroatoms. The van der Waals surface area contributed by atoms with E-state index in [4.69, 9.17) is 6.42 Å². The molecule has 0 spiro atoms. The van der Waals surface area contributed by atoms with Gasteiger partial charge in [0.25, 0.3) is 0 Å². The second kappa shape index (κ2) is 8.13. The number of hydrogen-bond donors (Lipinski definition) is 0. The fraction of sp³-hybridized carbons (Fsp3) is 0.833. The van der Waals surface area contributed by atoms with Crippen LogP contribution in [0.1, 0.15) is 39.5 Å². The molecule has 0 N–H and O–H groups in total. The Hall–Kier alpha value is -0.480. The summed E-state index contributed by atoms with van der Waals surface area (Å²) in [7, 11) is 2.19. The minimum atomic E-state index is 0.796. The predicted octanol–water partition coefficient (Wildman–Crippen LogP) is 2.77. The third-order valence-corrected chi connectivity index (χ3v) is 2.48. The van der Waals surface area contributed by atoms with Crippen LogP contribution in [-0.4, -0.2) is 25.0 Å². The average Bonchev–Trinajstić information content (AvgIpc) is 2.36. The van der Waals surface area contributed by atoms with Crippen molar-refractivity contribution in [2.24, 2.45) is 5.92 Å². The Labute approximate surface area is 83.5 Å². The van der Waals surface area contributed by atoms with Crippen LogP contribution in [0.15, 0.2) is 0 Å². The summed E-state index contributed by atoms with van der Waals surface area (Å²) in [4.78, 5) is 2.40. The third-order valence-electron chi connectivity index (χ3n) is 2.48. The predicted molar refractivity (Wildman–Crippen MR) is 59.6 cm³/mol. The highest BCUT2D eigenvalue weighted by Gasteiger charge is 2.12. The first kappa shape index (κ1) is 12.5. The van der Waals surface area contributed by atoms with Gasteiger partial charge < -0.3 is 4.90 Å². The Kier molecular flexibility index (Phi) is 7.83. The molecule has 1 nitrogen and oxygen atoms in total. The Morgan fingerprint density at radius 2 is 2.00 bits per heavy atom. The first-order valence-electron chi connectivity index (χ1n) is 5.45. The zero-order valence-corrected chi connectivity index (χ0v) is 9.34. The van der Waals surface area contributed by atoms with Crippen LogP contribution in [0.4, 0.5) is 0 Å². The summed E-state index contributed by atoms with van der Waals surface area (Å²) < 4.78 is 0. The second-order valence-electron chi connectivity index (χ2n) is 3.51. The van der Waals surface area contributed by atoms with Crippen LogP contribution in [0.5, 0.6) is 0 Å². The maximum atomic E-state index is 5.28. The van der Waals surface area contributed by atoms with Crippen LogP contribution in [0.2, 0.25) is 0 Å². The molecule has 0 aromatic heterocycles. The zero-order valence-electron chi connectivity index (χ0n) is 9.34. The zero-order chi connectivity index (χ0) is 10.1. The van der Waals surface area contributed by atoms with Gasteiger partial charge in [-0.15, -0.1) is 12.3 Å². The van der Waals surface area contributed by atoms with E-state index in [2.05, 4.69) is 17.9 Å². The number of rotatable bonds is 1. The molecule has 1 aliphatic rings. The molecule has 0 bridgehead atoms. The Balaban J connectivity index is 0.000000671. The van der Waals surface area contributed by atoms with Crippen molar-refractivity contribution in [2.75, 3.05) is 20.1 Å². The molecule has 1 aliphatic heterocycles. The fourth-order valence-corrected chi connectivity index (χ4v) is 1.68. The van der Waals surface area contributed by atoms with Crippen molar-refractivity contribution in [3.8, 4) is 12.3 Å². The topological polar surface area (TPSA) is 3.24 Å². The number of likely N-dealkylation sites (tertiary alicyclic amines) is 1. The van der Waals surface area contributed by atoms with Gasteiger partial charge in [0.1, 0.15) is 0 Å². The first-order chi connectivity index (χ1) is 6.33. The molecular weight excluding hydrogens is 158 g/mol. The van der Waals surface area contributed by atoms with Gasteiger partial charge in [0.05, 0.1) is 0 Å². The normalized spacial score (nSPS) is 23.7. The van der Waals surface area contributed by atoms with Crippen LogP contribution in [0, 0.1) is 18.3 Å². The minimum Gasteiger partial charge on any atom is -0.306 e. The van der Waals surface area contributed by atoms with Gasteiger partial charge >= 0.3 is 0 Å². The van der Waals surface area contributed by atoms with E-state index in [1.807, 2.05) is 13.8 Å². The van der Waals surface area contributed by atoms with Gasteiger partial charge in [0.2, 0.25) is 0 Å². The van der Waals surface area contributed by atoms with Crippen LogP contribution in [0.25, 0.3) is 0 Å². The van der Waals surface area contributed by atoms with Crippen molar-refractivity contribution in [3.05, 3.63) is 0 Å². The molecule has 0 aliphatic carbocycles. The lowest BCUT2D eigenvalue weighted by Gasteiger charge is -2.12. The van der Waals surface area contributed by atoms with E-state index in [1.165, 1.54) is 32.4 Å². The van der Waals surface area contributed by atoms with E-state index >= 15 is 0 Å². The summed E-state index contributed by atoms with van der Waals surface area (Å²) in [5.74, 6) is 3.56. The summed E-state index contributed by atoms with van der Waals surface area (Å²) in [6.45, 7) is 6.48. The van der Waals surface area contributed by atoms with Crippen molar-refractivity contribution < 1.29 is 0 Å². The summed E-state index contributed by atoms with van der Waals surface area (Å²) >= 11 is 0. The van der Waals surface area contributed by atoms with Crippen LogP contribution in [0.3, 0.4) is 0 Å². The van der Waals surface area contributed by atoms with Gasteiger partial charge in [-0.25, -0.2) is 0 Å². The van der Waals surface area contributed by atoms with Gasteiger partial charge in [0.15, 0.2) is 0 Å². The van der Waals surface area contributed by atoms with E-state index in [0.717, 1.165) is 12.3 Å². The first-order valence-corrected chi connectivity index (χ1v) is 5.45. The number of nitrogens with zero attached hydrogens (tertiary/aromatic N) is 1. The van der Waals surface area contributed by atoms with Crippen molar-refractivity contribution >= 4 is 0 Å². The molecule has 1 unspecified atom stereocenters. The highest BCUT2D eigenvalue weighted by atomic mass is 15.1. The summed E-state index contributed by atoms with van der Waals surface area (Å²) in [6.07, 6.45) is 10.2. The number of terminal acetylenes is 1. The van der Waals surface area contributed by atoms with Crippen molar-refractivity contribution in [3.63, 3.8) is 0 Å². The molecule has 0 amide bonds. The molecule has 0 aromatic carbocycles. The van der Waals surface area contributed by atoms with Crippen molar-refractivity contribution in [2.45, 2.75) is 39.5 Å². The molecule has 1 atom stereocenters. The summed E-state index contributed by atoms with van der Waals surface area (Å²) in [5.41, 5.74) is 0. The van der Waals surface area contributed by atoms with Gasteiger partial charge in [-0.05, 0) is 45.3 Å². The highest BCUT2D eigenvalue weighted by Crippen LogP contribution is 2.18. The SMILES string of the molecule is C#CCC1CCCN(C)CC1.CC. The monoisotopic (exact) mass is 181 g/mol. The molecule has 1 fully saturated rings. The molecule has 13 heavy (non-hydrogen) atoms. The Morgan fingerprint density at radius 1 is 1.31 bits per heavy atom. The quantitative estimate of drug-likeness (QED) is 0.562. The molecule has 1 rings (SSSR count). The van der Waals surface area contributed by atoms with E-state index < -0.39 is 0 Å². The lowest BCUT2D eigenvalue weighted by atomic mass is 9.98. The van der Waals surface area contributed by atoms with Crippen molar-refractivity contribution in [1.82, 2.24) is 4.90 Å². The Morgan fingerprint density at radius 3 is 2.62 bits per heavy atom. The van der Waals surface area contributed by atoms with Crippen LogP contribution >= 0.6 is 0 Å². The van der Waals surface area contributed by atoms with Gasteiger partial charge in [-0.2, -0.15) is 0 Å². The summed E-state index contributed by atoms with van der Waals surface area (Å²) in [6, 6.07) is 0. The maximum absolute atomic E-state index is 5.28. The molecule has 76 valence electrons. The van der Waals surface area contributed by atoms with Crippen LogP contribution < -0.4 is 0 Å². The third kappa shape index (κ3) is 5.71. The molecule has 1 saturated heterocycles. The fourth-order valence-electron chi connectivity index (χ4n) is 1.68. The Bertz CT molecular complexity index is 146. The van der Waals surface area contributed by atoms with Gasteiger partial charge in [0, 0.05) is 6.42 Å². The largest absolute Gasteiger partial charge is 0.306 e. The van der Waals surface area contributed by atoms with Gasteiger partial charge in [-0.1, -0.05) is 13.8 Å². The molecule has 0 radical (unpaired) electrons.